The zero-order valence-electron chi connectivity index (χ0n) is 9.53. The largest absolute Gasteiger partial charge is 0.383 e. The fourth-order valence-corrected chi connectivity index (χ4v) is 2.32. The van der Waals surface area contributed by atoms with E-state index in [9.17, 15) is 0 Å². The summed E-state index contributed by atoms with van der Waals surface area (Å²) in [6.45, 7) is 7.30. The second kappa shape index (κ2) is 3.83. The number of halogens is 1. The van der Waals surface area contributed by atoms with Gasteiger partial charge in [-0.1, -0.05) is 20.8 Å². The van der Waals surface area contributed by atoms with Crippen molar-refractivity contribution in [2.24, 2.45) is 5.41 Å². The van der Waals surface area contributed by atoms with Gasteiger partial charge in [-0.25, -0.2) is 14.6 Å². The van der Waals surface area contributed by atoms with Crippen molar-refractivity contribution in [1.29, 1.82) is 0 Å². The van der Waals surface area contributed by atoms with E-state index in [0.29, 0.717) is 5.82 Å². The summed E-state index contributed by atoms with van der Waals surface area (Å²) in [4.78, 5) is 8.24. The molecule has 16 heavy (non-hydrogen) atoms. The topological polar surface area (TPSA) is 69.6 Å². The van der Waals surface area contributed by atoms with Crippen LogP contribution in [-0.2, 0) is 6.54 Å². The number of aromatic nitrogens is 4. The number of nitrogens with zero attached hydrogens (tertiary/aromatic N) is 4. The first kappa shape index (κ1) is 11.6. The smallest absolute Gasteiger partial charge is 0.164 e. The molecule has 2 heterocycles. The second-order valence-corrected chi connectivity index (χ2v) is 5.99. The molecule has 0 amide bonds. The molecule has 0 fully saturated rings. The summed E-state index contributed by atoms with van der Waals surface area (Å²) < 4.78 is 2.75. The summed E-state index contributed by atoms with van der Waals surface area (Å²) in [6.07, 6.45) is 1.48. The first-order valence-electron chi connectivity index (χ1n) is 5.01. The van der Waals surface area contributed by atoms with Gasteiger partial charge >= 0.3 is 0 Å². The quantitative estimate of drug-likeness (QED) is 0.812. The van der Waals surface area contributed by atoms with Gasteiger partial charge in [-0.15, -0.1) is 0 Å². The van der Waals surface area contributed by atoms with Gasteiger partial charge in [0.15, 0.2) is 5.65 Å². The number of rotatable bonds is 1. The highest BCUT2D eigenvalue weighted by molar-refractivity contribution is 14.1. The Bertz CT molecular complexity index is 526. The predicted octanol–water partition coefficient (Wildman–Crippen LogP) is 2.06. The predicted molar refractivity (Wildman–Crippen MR) is 71.9 cm³/mol. The van der Waals surface area contributed by atoms with Crippen molar-refractivity contribution in [3.05, 3.63) is 10.0 Å². The number of hydrogen-bond acceptors (Lipinski definition) is 4. The molecular formula is C10H14IN5. The molecule has 0 aliphatic rings. The average molecular weight is 331 g/mol. The molecule has 86 valence electrons. The van der Waals surface area contributed by atoms with Gasteiger partial charge in [0.2, 0.25) is 0 Å². The van der Waals surface area contributed by atoms with Crippen LogP contribution in [0.5, 0.6) is 0 Å². The maximum Gasteiger partial charge on any atom is 0.164 e. The Kier molecular flexibility index (Phi) is 2.77. The van der Waals surface area contributed by atoms with E-state index in [2.05, 4.69) is 58.4 Å². The second-order valence-electron chi connectivity index (χ2n) is 4.97. The van der Waals surface area contributed by atoms with E-state index in [4.69, 9.17) is 5.73 Å². The Morgan fingerprint density at radius 1 is 1.38 bits per heavy atom. The van der Waals surface area contributed by atoms with Crippen LogP contribution >= 0.6 is 22.6 Å². The van der Waals surface area contributed by atoms with Crippen molar-refractivity contribution >= 4 is 39.4 Å². The summed E-state index contributed by atoms with van der Waals surface area (Å²) in [5, 5.41) is 5.31. The van der Waals surface area contributed by atoms with Gasteiger partial charge in [0.05, 0.1) is 5.39 Å². The molecule has 5 nitrogen and oxygen atoms in total. The Hall–Kier alpha value is -0.920. The van der Waals surface area contributed by atoms with Crippen LogP contribution in [0.1, 0.15) is 20.8 Å². The molecule has 0 unspecified atom stereocenters. The van der Waals surface area contributed by atoms with E-state index < -0.39 is 0 Å². The van der Waals surface area contributed by atoms with Crippen LogP contribution in [0.3, 0.4) is 0 Å². The van der Waals surface area contributed by atoms with Crippen LogP contribution in [0.25, 0.3) is 11.0 Å². The van der Waals surface area contributed by atoms with Gasteiger partial charge in [0.1, 0.15) is 15.8 Å². The highest BCUT2D eigenvalue weighted by atomic mass is 127. The molecule has 2 N–H and O–H groups in total. The minimum atomic E-state index is 0.155. The third-order valence-electron chi connectivity index (χ3n) is 2.14. The molecule has 2 aromatic rings. The van der Waals surface area contributed by atoms with Crippen molar-refractivity contribution in [3.8, 4) is 0 Å². The maximum atomic E-state index is 5.82. The van der Waals surface area contributed by atoms with Gasteiger partial charge < -0.3 is 5.73 Å². The summed E-state index contributed by atoms with van der Waals surface area (Å²) in [7, 11) is 0. The maximum absolute atomic E-state index is 5.82. The van der Waals surface area contributed by atoms with Crippen molar-refractivity contribution in [3.63, 3.8) is 0 Å². The zero-order chi connectivity index (χ0) is 11.9. The lowest BCUT2D eigenvalue weighted by molar-refractivity contribution is 0.329. The number of fused-ring (bicyclic) bond motifs is 1. The van der Waals surface area contributed by atoms with Gasteiger partial charge in [0, 0.05) is 6.54 Å². The number of nitrogen functional groups attached to an aromatic ring is 1. The summed E-state index contributed by atoms with van der Waals surface area (Å²) in [5.41, 5.74) is 6.79. The molecule has 0 aliphatic heterocycles. The summed E-state index contributed by atoms with van der Waals surface area (Å²) in [6, 6.07) is 0. The van der Waals surface area contributed by atoms with Gasteiger partial charge in [-0.2, -0.15) is 5.10 Å². The van der Waals surface area contributed by atoms with E-state index in [0.717, 1.165) is 21.3 Å². The lowest BCUT2D eigenvalue weighted by Gasteiger charge is -2.17. The molecule has 0 atom stereocenters. The molecule has 0 aliphatic carbocycles. The Morgan fingerprint density at radius 3 is 2.69 bits per heavy atom. The highest BCUT2D eigenvalue weighted by Crippen LogP contribution is 2.25. The molecule has 2 rings (SSSR count). The lowest BCUT2D eigenvalue weighted by Crippen LogP contribution is -2.16. The fraction of sp³-hybridized carbons (Fsp3) is 0.500. The lowest BCUT2D eigenvalue weighted by atomic mass is 9.97. The van der Waals surface area contributed by atoms with Gasteiger partial charge in [-0.3, -0.25) is 0 Å². The zero-order valence-corrected chi connectivity index (χ0v) is 11.7. The first-order chi connectivity index (χ1) is 7.38. The minimum absolute atomic E-state index is 0.155. The van der Waals surface area contributed by atoms with E-state index in [1.165, 1.54) is 6.33 Å². The standard InChI is InChI=1S/C10H14IN5/c1-10(2,3)4-16-9-6(7(11)15-16)8(12)13-5-14-9/h5H,4H2,1-3H3,(H2,12,13,14). The summed E-state index contributed by atoms with van der Waals surface area (Å²) >= 11 is 2.16. The number of anilines is 1. The Labute approximate surface area is 108 Å². The molecule has 6 heteroatoms. The van der Waals surface area contributed by atoms with Crippen LogP contribution < -0.4 is 5.73 Å². The van der Waals surface area contributed by atoms with Gasteiger partial charge in [0.25, 0.3) is 0 Å². The molecule has 0 aromatic carbocycles. The van der Waals surface area contributed by atoms with E-state index >= 15 is 0 Å². The van der Waals surface area contributed by atoms with E-state index in [1.807, 2.05) is 4.68 Å². The SMILES string of the molecule is CC(C)(C)Cn1nc(I)c2c(N)ncnc21. The molecule has 0 spiro atoms. The van der Waals surface area contributed by atoms with Crippen molar-refractivity contribution < 1.29 is 0 Å². The van der Waals surface area contributed by atoms with Crippen LogP contribution in [0.2, 0.25) is 0 Å². The third kappa shape index (κ3) is 2.11. The molecule has 0 radical (unpaired) electrons. The van der Waals surface area contributed by atoms with Crippen LogP contribution in [0, 0.1) is 9.12 Å². The third-order valence-corrected chi connectivity index (χ3v) is 2.90. The van der Waals surface area contributed by atoms with Crippen LogP contribution in [-0.4, -0.2) is 19.7 Å². The Balaban J connectivity index is 2.60. The van der Waals surface area contributed by atoms with Crippen molar-refractivity contribution in [2.45, 2.75) is 27.3 Å². The average Bonchev–Trinajstić information content (AvgIpc) is 2.42. The highest BCUT2D eigenvalue weighted by Gasteiger charge is 2.18. The molecule has 0 saturated heterocycles. The minimum Gasteiger partial charge on any atom is -0.383 e. The van der Waals surface area contributed by atoms with Gasteiger partial charge in [-0.05, 0) is 28.0 Å². The van der Waals surface area contributed by atoms with E-state index in [1.54, 1.807) is 0 Å². The molecule has 2 aromatic heterocycles. The van der Waals surface area contributed by atoms with Crippen LogP contribution in [0.4, 0.5) is 5.82 Å². The van der Waals surface area contributed by atoms with E-state index in [-0.39, 0.29) is 5.41 Å². The number of nitrogens with two attached hydrogens (primary N) is 1. The Morgan fingerprint density at radius 2 is 2.06 bits per heavy atom. The fourth-order valence-electron chi connectivity index (χ4n) is 1.55. The molecular weight excluding hydrogens is 317 g/mol. The van der Waals surface area contributed by atoms with Crippen LogP contribution in [0.15, 0.2) is 6.33 Å². The summed E-state index contributed by atoms with van der Waals surface area (Å²) in [5.74, 6) is 0.495. The normalized spacial score (nSPS) is 12.2. The molecule has 0 saturated carbocycles. The first-order valence-corrected chi connectivity index (χ1v) is 6.09. The molecule has 0 bridgehead atoms. The number of hydrogen-bond donors (Lipinski definition) is 1. The monoisotopic (exact) mass is 331 g/mol. The van der Waals surface area contributed by atoms with Crippen molar-refractivity contribution in [2.75, 3.05) is 5.73 Å². The van der Waals surface area contributed by atoms with Crippen molar-refractivity contribution in [1.82, 2.24) is 19.7 Å².